The van der Waals surface area contributed by atoms with Crippen molar-refractivity contribution in [3.63, 3.8) is 0 Å². The van der Waals surface area contributed by atoms with Gasteiger partial charge in [0.25, 0.3) is 0 Å². The highest BCUT2D eigenvalue weighted by Gasteiger charge is 2.26. The van der Waals surface area contributed by atoms with Crippen LogP contribution in [0.3, 0.4) is 0 Å². The summed E-state index contributed by atoms with van der Waals surface area (Å²) in [6, 6.07) is 56.3. The molecular weight excluding hydrogens is 611 g/mol. The molecule has 10 aromatic rings. The minimum atomic E-state index is 0.870. The molecule has 4 heterocycles. The zero-order valence-electron chi connectivity index (χ0n) is 27.3. The van der Waals surface area contributed by atoms with E-state index in [0.29, 0.717) is 0 Å². The van der Waals surface area contributed by atoms with Crippen LogP contribution in [0.4, 0.5) is 0 Å². The number of aryl methyl sites for hydroxylation is 1. The van der Waals surface area contributed by atoms with Gasteiger partial charge in [-0.05, 0) is 78.7 Å². The number of aromatic nitrogens is 3. The first-order valence-corrected chi connectivity index (χ1v) is 17.1. The molecule has 0 atom stereocenters. The number of ether oxygens (including phenoxy) is 1. The molecule has 0 fully saturated rings. The van der Waals surface area contributed by atoms with Gasteiger partial charge in [0.1, 0.15) is 17.3 Å². The van der Waals surface area contributed by atoms with E-state index in [1.165, 1.54) is 49.4 Å². The summed E-state index contributed by atoms with van der Waals surface area (Å²) in [6.45, 7) is 2.12. The lowest BCUT2D eigenvalue weighted by Gasteiger charge is -2.24. The molecule has 0 radical (unpaired) electrons. The molecule has 4 heteroatoms. The molecule has 0 bridgehead atoms. The fourth-order valence-electron chi connectivity index (χ4n) is 8.29. The molecule has 3 aromatic heterocycles. The van der Waals surface area contributed by atoms with E-state index in [-0.39, 0.29) is 0 Å². The predicted molar refractivity (Wildman–Crippen MR) is 206 cm³/mol. The third kappa shape index (κ3) is 3.73. The Morgan fingerprint density at radius 1 is 0.460 bits per heavy atom. The van der Waals surface area contributed by atoms with E-state index in [9.17, 15) is 0 Å². The van der Waals surface area contributed by atoms with E-state index in [1.807, 2.05) is 12.1 Å². The smallest absolute Gasteiger partial charge is 0.145 e. The third-order valence-electron chi connectivity index (χ3n) is 10.4. The molecule has 50 heavy (non-hydrogen) atoms. The van der Waals surface area contributed by atoms with Crippen LogP contribution in [0.2, 0.25) is 0 Å². The van der Waals surface area contributed by atoms with Gasteiger partial charge in [-0.1, -0.05) is 97.1 Å². The molecule has 234 valence electrons. The van der Waals surface area contributed by atoms with Crippen molar-refractivity contribution in [1.29, 1.82) is 0 Å². The Kier molecular flexibility index (Phi) is 5.56. The third-order valence-corrected chi connectivity index (χ3v) is 10.4. The summed E-state index contributed by atoms with van der Waals surface area (Å²) in [5, 5.41) is 7.08. The van der Waals surface area contributed by atoms with Crippen LogP contribution in [-0.4, -0.2) is 14.1 Å². The average Bonchev–Trinajstić information content (AvgIpc) is 3.68. The monoisotopic (exact) mass is 639 g/mol. The zero-order valence-corrected chi connectivity index (χ0v) is 27.3. The van der Waals surface area contributed by atoms with Crippen molar-refractivity contribution in [3.8, 4) is 45.3 Å². The van der Waals surface area contributed by atoms with Crippen LogP contribution in [0.5, 0.6) is 11.5 Å². The second-order valence-corrected chi connectivity index (χ2v) is 13.2. The lowest BCUT2D eigenvalue weighted by Crippen LogP contribution is -2.06. The van der Waals surface area contributed by atoms with Crippen LogP contribution < -0.4 is 4.74 Å². The molecular formula is C46H29N3O. The quantitative estimate of drug-likeness (QED) is 0.193. The van der Waals surface area contributed by atoms with Crippen LogP contribution >= 0.6 is 0 Å². The summed E-state index contributed by atoms with van der Waals surface area (Å²) in [5.74, 6) is 2.66. The van der Waals surface area contributed by atoms with E-state index in [1.54, 1.807) is 0 Å². The first-order valence-electron chi connectivity index (χ1n) is 17.1. The van der Waals surface area contributed by atoms with Gasteiger partial charge in [-0.2, -0.15) is 0 Å². The number of fused-ring (bicyclic) bond motifs is 8. The number of rotatable bonds is 3. The van der Waals surface area contributed by atoms with Crippen LogP contribution in [0, 0.1) is 6.92 Å². The van der Waals surface area contributed by atoms with Gasteiger partial charge in [0.2, 0.25) is 0 Å². The number of pyridine rings is 1. The molecule has 0 spiro atoms. The maximum atomic E-state index is 6.46. The Balaban J connectivity index is 1.13. The van der Waals surface area contributed by atoms with Crippen molar-refractivity contribution in [2.45, 2.75) is 6.92 Å². The summed E-state index contributed by atoms with van der Waals surface area (Å²) >= 11 is 0. The molecule has 0 N–H and O–H groups in total. The Bertz CT molecular complexity index is 3020. The van der Waals surface area contributed by atoms with Gasteiger partial charge >= 0.3 is 0 Å². The van der Waals surface area contributed by atoms with Crippen molar-refractivity contribution < 1.29 is 4.74 Å². The average molecular weight is 640 g/mol. The summed E-state index contributed by atoms with van der Waals surface area (Å²) in [4.78, 5) is 5.36. The first-order chi connectivity index (χ1) is 24.7. The molecule has 0 amide bonds. The molecule has 11 rings (SSSR count). The maximum absolute atomic E-state index is 6.46. The van der Waals surface area contributed by atoms with Crippen molar-refractivity contribution >= 4 is 54.4 Å². The van der Waals surface area contributed by atoms with Crippen molar-refractivity contribution in [1.82, 2.24) is 14.1 Å². The molecule has 0 unspecified atom stereocenters. The lowest BCUT2D eigenvalue weighted by molar-refractivity contribution is 0.486. The highest BCUT2D eigenvalue weighted by Crippen LogP contribution is 2.49. The fraction of sp³-hybridized carbons (Fsp3) is 0.0217. The Hall–Kier alpha value is -6.65. The van der Waals surface area contributed by atoms with E-state index in [0.717, 1.165) is 55.9 Å². The van der Waals surface area contributed by atoms with E-state index >= 15 is 0 Å². The van der Waals surface area contributed by atoms with E-state index < -0.39 is 0 Å². The number of para-hydroxylation sites is 4. The summed E-state index contributed by atoms with van der Waals surface area (Å²) in [7, 11) is 0. The van der Waals surface area contributed by atoms with E-state index in [2.05, 4.69) is 162 Å². The van der Waals surface area contributed by atoms with Gasteiger partial charge < -0.3 is 9.30 Å². The van der Waals surface area contributed by atoms with Crippen LogP contribution in [0.1, 0.15) is 5.69 Å². The summed E-state index contributed by atoms with van der Waals surface area (Å²) < 4.78 is 11.2. The molecule has 7 aromatic carbocycles. The summed E-state index contributed by atoms with van der Waals surface area (Å²) in [5.41, 5.74) is 11.4. The standard InChI is InChI=1S/C46H29N3O/c1-28-44-34-16-7-10-20-42(34)50-43-21-11-17-35(45(43)44)46(47-28)49-39-19-9-6-15-33(39)37-27-30(23-25-41(37)49)29-22-24-40-36(26-29)32-14-5-8-18-38(32)48(40)31-12-3-2-4-13-31/h2-27H,1H3. The second kappa shape index (κ2) is 10.2. The number of nitrogens with zero attached hydrogens (tertiary/aromatic N) is 3. The van der Waals surface area contributed by atoms with Crippen molar-refractivity contribution in [2.24, 2.45) is 0 Å². The van der Waals surface area contributed by atoms with E-state index in [4.69, 9.17) is 9.72 Å². The highest BCUT2D eigenvalue weighted by molar-refractivity contribution is 6.14. The predicted octanol–water partition coefficient (Wildman–Crippen LogP) is 12.2. The fourth-order valence-corrected chi connectivity index (χ4v) is 8.29. The minimum absolute atomic E-state index is 0.870. The number of hydrogen-bond donors (Lipinski definition) is 0. The molecule has 1 aliphatic heterocycles. The molecule has 4 nitrogen and oxygen atoms in total. The molecule has 0 saturated heterocycles. The normalized spacial score (nSPS) is 12.3. The topological polar surface area (TPSA) is 32.0 Å². The number of hydrogen-bond acceptors (Lipinski definition) is 2. The van der Waals surface area contributed by atoms with Crippen LogP contribution in [-0.2, 0) is 0 Å². The highest BCUT2D eigenvalue weighted by atomic mass is 16.5. The van der Waals surface area contributed by atoms with Gasteiger partial charge in [0, 0.05) is 54.8 Å². The molecule has 0 saturated carbocycles. The van der Waals surface area contributed by atoms with Gasteiger partial charge in [-0.25, -0.2) is 4.98 Å². The maximum Gasteiger partial charge on any atom is 0.145 e. The SMILES string of the molecule is Cc1nc(-n2c3ccccc3c3cc(-c4ccc5c(c4)c4ccccc4n5-c4ccccc4)ccc32)c2cccc3c2c1-c1ccccc1O3. The van der Waals surface area contributed by atoms with Gasteiger partial charge in [0.15, 0.2) is 0 Å². The summed E-state index contributed by atoms with van der Waals surface area (Å²) in [6.07, 6.45) is 0. The Morgan fingerprint density at radius 2 is 1.02 bits per heavy atom. The van der Waals surface area contributed by atoms with Crippen molar-refractivity contribution in [3.05, 3.63) is 163 Å². The van der Waals surface area contributed by atoms with Crippen molar-refractivity contribution in [2.75, 3.05) is 0 Å². The Morgan fingerprint density at radius 3 is 1.76 bits per heavy atom. The lowest BCUT2D eigenvalue weighted by atomic mass is 9.94. The Labute approximate surface area is 288 Å². The van der Waals surface area contributed by atoms with Crippen LogP contribution in [0.25, 0.3) is 88.1 Å². The second-order valence-electron chi connectivity index (χ2n) is 13.2. The molecule has 0 aliphatic carbocycles. The number of benzene rings is 7. The van der Waals surface area contributed by atoms with Gasteiger partial charge in [-0.3, -0.25) is 4.57 Å². The van der Waals surface area contributed by atoms with Gasteiger partial charge in [0.05, 0.1) is 22.1 Å². The van der Waals surface area contributed by atoms with Gasteiger partial charge in [-0.15, -0.1) is 0 Å². The minimum Gasteiger partial charge on any atom is -0.456 e. The zero-order chi connectivity index (χ0) is 32.9. The largest absolute Gasteiger partial charge is 0.456 e. The molecule has 1 aliphatic rings. The van der Waals surface area contributed by atoms with Crippen LogP contribution in [0.15, 0.2) is 158 Å². The first kappa shape index (κ1) is 27.3.